The van der Waals surface area contributed by atoms with Crippen LogP contribution >= 0.6 is 11.3 Å². The van der Waals surface area contributed by atoms with E-state index in [2.05, 4.69) is 10.3 Å². The Morgan fingerprint density at radius 1 is 1.32 bits per heavy atom. The first kappa shape index (κ1) is 19.1. The number of ether oxygens (including phenoxy) is 1. The highest BCUT2D eigenvalue weighted by Gasteiger charge is 2.25. The number of hydrogen-bond donors (Lipinski definition) is 2. The number of carboxylic acids is 1. The molecule has 6 nitrogen and oxygen atoms in total. The van der Waals surface area contributed by atoms with Crippen molar-refractivity contribution in [3.05, 3.63) is 41.0 Å². The van der Waals surface area contributed by atoms with Gasteiger partial charge in [-0.05, 0) is 12.0 Å². The zero-order valence-electron chi connectivity index (χ0n) is 14.3. The topological polar surface area (TPSA) is 88.5 Å². The van der Waals surface area contributed by atoms with E-state index in [4.69, 9.17) is 4.74 Å². The summed E-state index contributed by atoms with van der Waals surface area (Å²) < 4.78 is 5.11. The van der Waals surface area contributed by atoms with Crippen LogP contribution in [0, 0.1) is 0 Å². The van der Waals surface area contributed by atoms with Crippen molar-refractivity contribution in [2.75, 3.05) is 7.11 Å². The summed E-state index contributed by atoms with van der Waals surface area (Å²) in [4.78, 5) is 29.1. The van der Waals surface area contributed by atoms with E-state index in [1.54, 1.807) is 7.11 Å². The minimum atomic E-state index is -1.03. The van der Waals surface area contributed by atoms with Crippen LogP contribution in [0.3, 0.4) is 0 Å². The van der Waals surface area contributed by atoms with Crippen LogP contribution in [-0.4, -0.2) is 35.1 Å². The third-order valence-corrected chi connectivity index (χ3v) is 4.72. The van der Waals surface area contributed by atoms with Crippen LogP contribution in [0.2, 0.25) is 0 Å². The van der Waals surface area contributed by atoms with E-state index in [1.807, 2.05) is 37.3 Å². The fourth-order valence-corrected chi connectivity index (χ4v) is 3.42. The van der Waals surface area contributed by atoms with Crippen molar-refractivity contribution >= 4 is 23.2 Å². The number of thiazole rings is 1. The van der Waals surface area contributed by atoms with Gasteiger partial charge in [-0.3, -0.25) is 4.79 Å². The summed E-state index contributed by atoms with van der Waals surface area (Å²) in [5.74, 6) is -1.50. The molecule has 1 aromatic heterocycles. The molecule has 2 aromatic rings. The molecule has 1 amide bonds. The zero-order chi connectivity index (χ0) is 18.2. The number of nitrogens with zero attached hydrogens (tertiary/aromatic N) is 1. The summed E-state index contributed by atoms with van der Waals surface area (Å²) in [6.07, 6.45) is 1.99. The van der Waals surface area contributed by atoms with E-state index in [1.165, 1.54) is 11.3 Å². The third-order valence-electron chi connectivity index (χ3n) is 3.64. The van der Waals surface area contributed by atoms with Crippen molar-refractivity contribution in [3.8, 4) is 10.4 Å². The van der Waals surface area contributed by atoms with Gasteiger partial charge in [0.2, 0.25) is 0 Å². The first-order valence-electron chi connectivity index (χ1n) is 8.14. The predicted octanol–water partition coefficient (Wildman–Crippen LogP) is 3.33. The molecule has 0 spiro atoms. The van der Waals surface area contributed by atoms with Gasteiger partial charge in [0.1, 0.15) is 16.7 Å². The van der Waals surface area contributed by atoms with Crippen molar-refractivity contribution in [1.82, 2.24) is 10.3 Å². The van der Waals surface area contributed by atoms with E-state index in [-0.39, 0.29) is 5.69 Å². The summed E-state index contributed by atoms with van der Waals surface area (Å²) in [5, 5.41) is 12.6. The highest BCUT2D eigenvalue weighted by atomic mass is 32.1. The number of hydrogen-bond acceptors (Lipinski definition) is 5. The van der Waals surface area contributed by atoms with E-state index in [0.717, 1.165) is 18.4 Å². The van der Waals surface area contributed by atoms with Gasteiger partial charge in [0.15, 0.2) is 0 Å². The summed E-state index contributed by atoms with van der Waals surface area (Å²) >= 11 is 1.37. The monoisotopic (exact) mass is 362 g/mol. The second-order valence-electron chi connectivity index (χ2n) is 5.59. The van der Waals surface area contributed by atoms with Gasteiger partial charge < -0.3 is 15.2 Å². The summed E-state index contributed by atoms with van der Waals surface area (Å²) in [6.45, 7) is 2.28. The van der Waals surface area contributed by atoms with Gasteiger partial charge in [-0.25, -0.2) is 9.78 Å². The molecule has 2 N–H and O–H groups in total. The fourth-order valence-electron chi connectivity index (χ4n) is 2.38. The fraction of sp³-hybridized carbons (Fsp3) is 0.389. The number of carbonyl (C=O) groups excluding carboxylic acids is 1. The Morgan fingerprint density at radius 3 is 2.64 bits per heavy atom. The lowest BCUT2D eigenvalue weighted by Crippen LogP contribution is -2.41. The summed E-state index contributed by atoms with van der Waals surface area (Å²) in [5.41, 5.74) is 1.11. The van der Waals surface area contributed by atoms with Gasteiger partial charge in [-0.15, -0.1) is 11.3 Å². The molecule has 0 aliphatic heterocycles. The standard InChI is InChI=1S/C18H22N2O4S/c1-3-4-10-13(18(22)23)19-17(21)15-16(12-8-6-5-7-9-12)25-14(20-15)11-24-2/h5-9,13H,3-4,10-11H2,1-2H3,(H,19,21)(H,22,23)/t13-/m0/s1. The minimum absolute atomic E-state index is 0.242. The van der Waals surface area contributed by atoms with Gasteiger partial charge in [0, 0.05) is 7.11 Å². The number of amides is 1. The molecular formula is C18H22N2O4S. The number of unbranched alkanes of at least 4 members (excludes halogenated alkanes) is 1. The molecule has 134 valence electrons. The molecule has 0 unspecified atom stereocenters. The zero-order valence-corrected chi connectivity index (χ0v) is 15.1. The van der Waals surface area contributed by atoms with Crippen LogP contribution in [0.5, 0.6) is 0 Å². The number of aromatic nitrogens is 1. The Kier molecular flexibility index (Phi) is 7.09. The SMILES string of the molecule is CCCC[C@H](NC(=O)c1nc(COC)sc1-c1ccccc1)C(=O)O. The lowest BCUT2D eigenvalue weighted by Gasteiger charge is -2.13. The molecule has 0 bridgehead atoms. The van der Waals surface area contributed by atoms with Crippen molar-refractivity contribution < 1.29 is 19.4 Å². The maximum absolute atomic E-state index is 12.7. The minimum Gasteiger partial charge on any atom is -0.480 e. The lowest BCUT2D eigenvalue weighted by atomic mass is 10.1. The second kappa shape index (κ2) is 9.29. The normalized spacial score (nSPS) is 11.9. The van der Waals surface area contributed by atoms with Crippen LogP contribution in [-0.2, 0) is 16.1 Å². The molecule has 0 aliphatic rings. The Morgan fingerprint density at radius 2 is 2.04 bits per heavy atom. The quantitative estimate of drug-likeness (QED) is 0.714. The molecule has 1 atom stereocenters. The molecule has 0 saturated carbocycles. The first-order chi connectivity index (χ1) is 12.1. The highest BCUT2D eigenvalue weighted by molar-refractivity contribution is 7.15. The van der Waals surface area contributed by atoms with Crippen LogP contribution in [0.25, 0.3) is 10.4 Å². The van der Waals surface area contributed by atoms with Crippen molar-refractivity contribution in [3.63, 3.8) is 0 Å². The van der Waals surface area contributed by atoms with Crippen molar-refractivity contribution in [2.45, 2.75) is 38.8 Å². The number of aliphatic carboxylic acids is 1. The van der Waals surface area contributed by atoms with Gasteiger partial charge in [-0.2, -0.15) is 0 Å². The Hall–Kier alpha value is -2.25. The Bertz CT molecular complexity index is 715. The number of benzene rings is 1. The Balaban J connectivity index is 2.29. The lowest BCUT2D eigenvalue weighted by molar-refractivity contribution is -0.139. The summed E-state index contributed by atoms with van der Waals surface area (Å²) in [6, 6.07) is 8.54. The predicted molar refractivity (Wildman–Crippen MR) is 96.7 cm³/mol. The van der Waals surface area contributed by atoms with Gasteiger partial charge >= 0.3 is 5.97 Å². The van der Waals surface area contributed by atoms with Gasteiger partial charge in [0.05, 0.1) is 11.5 Å². The molecule has 7 heteroatoms. The van der Waals surface area contributed by atoms with Gasteiger partial charge in [0.25, 0.3) is 5.91 Å². The molecule has 0 fully saturated rings. The number of methoxy groups -OCH3 is 1. The molecule has 1 aromatic carbocycles. The summed E-state index contributed by atoms with van der Waals surface area (Å²) in [7, 11) is 1.56. The average molecular weight is 362 g/mol. The molecule has 0 aliphatic carbocycles. The van der Waals surface area contributed by atoms with Crippen LogP contribution in [0.15, 0.2) is 30.3 Å². The van der Waals surface area contributed by atoms with Crippen LogP contribution in [0.4, 0.5) is 0 Å². The first-order valence-corrected chi connectivity index (χ1v) is 8.96. The molecule has 2 rings (SSSR count). The third kappa shape index (κ3) is 5.11. The molecule has 1 heterocycles. The van der Waals surface area contributed by atoms with Crippen LogP contribution < -0.4 is 5.32 Å². The van der Waals surface area contributed by atoms with Crippen molar-refractivity contribution in [2.24, 2.45) is 0 Å². The molecular weight excluding hydrogens is 340 g/mol. The van der Waals surface area contributed by atoms with Gasteiger partial charge in [-0.1, -0.05) is 50.1 Å². The Labute approximate surface area is 150 Å². The van der Waals surface area contributed by atoms with E-state index < -0.39 is 17.9 Å². The number of carbonyl (C=O) groups is 2. The molecule has 25 heavy (non-hydrogen) atoms. The number of rotatable bonds is 9. The second-order valence-corrected chi connectivity index (χ2v) is 6.67. The molecule has 0 saturated heterocycles. The maximum atomic E-state index is 12.7. The smallest absolute Gasteiger partial charge is 0.326 e. The van der Waals surface area contributed by atoms with E-state index in [9.17, 15) is 14.7 Å². The van der Waals surface area contributed by atoms with E-state index in [0.29, 0.717) is 22.9 Å². The number of carboxylic acid groups (broad SMARTS) is 1. The number of nitrogens with one attached hydrogen (secondary N) is 1. The molecule has 0 radical (unpaired) electrons. The largest absolute Gasteiger partial charge is 0.480 e. The maximum Gasteiger partial charge on any atom is 0.326 e. The highest BCUT2D eigenvalue weighted by Crippen LogP contribution is 2.30. The van der Waals surface area contributed by atoms with Crippen molar-refractivity contribution in [1.29, 1.82) is 0 Å². The van der Waals surface area contributed by atoms with E-state index >= 15 is 0 Å². The average Bonchev–Trinajstić information content (AvgIpc) is 3.03. The van der Waals surface area contributed by atoms with Crippen LogP contribution in [0.1, 0.15) is 41.7 Å².